The summed E-state index contributed by atoms with van der Waals surface area (Å²) in [4.78, 5) is 22.7. The summed E-state index contributed by atoms with van der Waals surface area (Å²) in [6.45, 7) is 3.79. The van der Waals surface area contributed by atoms with Crippen LogP contribution in [0.4, 0.5) is 0 Å². The van der Waals surface area contributed by atoms with Crippen molar-refractivity contribution in [3.8, 4) is 0 Å². The zero-order valence-corrected chi connectivity index (χ0v) is 12.2. The summed E-state index contributed by atoms with van der Waals surface area (Å²) in [6.07, 6.45) is 8.18. The maximum atomic E-state index is 12.1. The number of carbonyl (C=O) groups is 2. The summed E-state index contributed by atoms with van der Waals surface area (Å²) < 4.78 is 0. The molecular formula is C15H27NO3. The molecule has 0 radical (unpaired) electrons. The molecule has 1 amide bonds. The van der Waals surface area contributed by atoms with Gasteiger partial charge in [-0.2, -0.15) is 0 Å². The van der Waals surface area contributed by atoms with Crippen LogP contribution in [0.3, 0.4) is 0 Å². The normalized spacial score (nSPS) is 19.7. The zero-order chi connectivity index (χ0) is 14.3. The van der Waals surface area contributed by atoms with Gasteiger partial charge in [0.15, 0.2) is 0 Å². The van der Waals surface area contributed by atoms with E-state index in [1.165, 1.54) is 32.1 Å². The smallest absolute Gasteiger partial charge is 0.305 e. The first-order valence-corrected chi connectivity index (χ1v) is 7.55. The van der Waals surface area contributed by atoms with Gasteiger partial charge in [-0.1, -0.05) is 39.0 Å². The molecule has 4 heteroatoms. The Labute approximate surface area is 116 Å². The van der Waals surface area contributed by atoms with Crippen LogP contribution in [-0.4, -0.2) is 23.0 Å². The van der Waals surface area contributed by atoms with Crippen LogP contribution in [-0.2, 0) is 9.59 Å². The molecule has 0 aliphatic heterocycles. The molecule has 2 N–H and O–H groups in total. The highest BCUT2D eigenvalue weighted by molar-refractivity contribution is 5.79. The summed E-state index contributed by atoms with van der Waals surface area (Å²) in [5.41, 5.74) is 0. The molecule has 0 heterocycles. The van der Waals surface area contributed by atoms with Crippen molar-refractivity contribution in [2.75, 3.05) is 0 Å². The first-order valence-electron chi connectivity index (χ1n) is 7.55. The number of carboxylic acids is 1. The van der Waals surface area contributed by atoms with E-state index in [-0.39, 0.29) is 24.3 Å². The second-order valence-electron chi connectivity index (χ2n) is 5.85. The van der Waals surface area contributed by atoms with Crippen molar-refractivity contribution in [3.63, 3.8) is 0 Å². The van der Waals surface area contributed by atoms with Gasteiger partial charge in [-0.25, -0.2) is 0 Å². The van der Waals surface area contributed by atoms with Crippen molar-refractivity contribution in [2.24, 2.45) is 11.8 Å². The monoisotopic (exact) mass is 269 g/mol. The Morgan fingerprint density at radius 2 is 1.89 bits per heavy atom. The Morgan fingerprint density at radius 3 is 2.42 bits per heavy atom. The molecule has 1 aliphatic rings. The molecule has 110 valence electrons. The van der Waals surface area contributed by atoms with Crippen molar-refractivity contribution in [1.82, 2.24) is 5.32 Å². The fourth-order valence-corrected chi connectivity index (χ4v) is 2.96. The van der Waals surface area contributed by atoms with E-state index in [0.717, 1.165) is 12.8 Å². The minimum Gasteiger partial charge on any atom is -0.481 e. The van der Waals surface area contributed by atoms with Crippen molar-refractivity contribution < 1.29 is 14.7 Å². The highest BCUT2D eigenvalue weighted by Gasteiger charge is 2.24. The maximum Gasteiger partial charge on any atom is 0.305 e. The van der Waals surface area contributed by atoms with E-state index >= 15 is 0 Å². The highest BCUT2D eigenvalue weighted by Crippen LogP contribution is 2.30. The molecule has 2 atom stereocenters. The van der Waals surface area contributed by atoms with Gasteiger partial charge in [0.25, 0.3) is 0 Å². The fraction of sp³-hybridized carbons (Fsp3) is 0.867. The molecule has 0 aromatic rings. The van der Waals surface area contributed by atoms with Gasteiger partial charge in [0, 0.05) is 12.0 Å². The Kier molecular flexibility index (Phi) is 6.89. The summed E-state index contributed by atoms with van der Waals surface area (Å²) >= 11 is 0. The molecule has 19 heavy (non-hydrogen) atoms. The first-order chi connectivity index (χ1) is 9.02. The van der Waals surface area contributed by atoms with Crippen LogP contribution in [0.5, 0.6) is 0 Å². The third kappa shape index (κ3) is 6.08. The Morgan fingerprint density at radius 1 is 1.26 bits per heavy atom. The largest absolute Gasteiger partial charge is 0.481 e. The number of carboxylic acid groups (broad SMARTS) is 1. The number of hydrogen-bond donors (Lipinski definition) is 2. The maximum absolute atomic E-state index is 12.1. The van der Waals surface area contributed by atoms with Crippen molar-refractivity contribution in [2.45, 2.75) is 71.3 Å². The van der Waals surface area contributed by atoms with Gasteiger partial charge in [-0.15, -0.1) is 0 Å². The SMILES string of the molecule is CCC(CC1CCCCC1)C(=O)NC(C)CC(=O)O. The van der Waals surface area contributed by atoms with Gasteiger partial charge in [0.2, 0.25) is 5.91 Å². The quantitative estimate of drug-likeness (QED) is 0.746. The molecule has 1 saturated carbocycles. The standard InChI is InChI=1S/C15H27NO3/c1-3-13(10-12-7-5-4-6-8-12)15(19)16-11(2)9-14(17)18/h11-13H,3-10H2,1-2H3,(H,16,19)(H,17,18). The molecule has 0 bridgehead atoms. The third-order valence-electron chi connectivity index (χ3n) is 4.08. The molecule has 1 rings (SSSR count). The summed E-state index contributed by atoms with van der Waals surface area (Å²) in [6, 6.07) is -0.287. The van der Waals surface area contributed by atoms with E-state index in [1.807, 2.05) is 6.92 Å². The van der Waals surface area contributed by atoms with E-state index in [1.54, 1.807) is 6.92 Å². The van der Waals surface area contributed by atoms with Gasteiger partial charge in [0.1, 0.15) is 0 Å². The predicted molar refractivity (Wildman–Crippen MR) is 74.8 cm³/mol. The highest BCUT2D eigenvalue weighted by atomic mass is 16.4. The number of rotatable bonds is 7. The lowest BCUT2D eigenvalue weighted by Crippen LogP contribution is -2.39. The predicted octanol–water partition coefficient (Wildman–Crippen LogP) is 2.96. The Balaban J connectivity index is 2.39. The number of carbonyl (C=O) groups excluding carboxylic acids is 1. The summed E-state index contributed by atoms with van der Waals surface area (Å²) in [5, 5.41) is 11.5. The van der Waals surface area contributed by atoms with Crippen LogP contribution in [0.15, 0.2) is 0 Å². The van der Waals surface area contributed by atoms with Crippen molar-refractivity contribution in [1.29, 1.82) is 0 Å². The molecule has 0 aromatic heterocycles. The molecule has 2 unspecified atom stereocenters. The average Bonchev–Trinajstić information content (AvgIpc) is 2.35. The van der Waals surface area contributed by atoms with Gasteiger partial charge in [0.05, 0.1) is 6.42 Å². The molecule has 0 spiro atoms. The molecular weight excluding hydrogens is 242 g/mol. The third-order valence-corrected chi connectivity index (χ3v) is 4.08. The van der Waals surface area contributed by atoms with E-state index in [4.69, 9.17) is 5.11 Å². The van der Waals surface area contributed by atoms with Crippen LogP contribution in [0, 0.1) is 11.8 Å². The summed E-state index contributed by atoms with van der Waals surface area (Å²) in [5.74, 6) is -0.117. The second kappa shape index (κ2) is 8.18. The molecule has 4 nitrogen and oxygen atoms in total. The van der Waals surface area contributed by atoms with Gasteiger partial charge in [-0.3, -0.25) is 9.59 Å². The molecule has 0 aromatic carbocycles. The first kappa shape index (κ1) is 16.0. The van der Waals surface area contributed by atoms with Crippen LogP contribution in [0.25, 0.3) is 0 Å². The average molecular weight is 269 g/mol. The molecule has 1 aliphatic carbocycles. The van der Waals surface area contributed by atoms with E-state index < -0.39 is 5.97 Å². The minimum atomic E-state index is -0.867. The second-order valence-corrected chi connectivity index (χ2v) is 5.85. The van der Waals surface area contributed by atoms with Gasteiger partial charge in [-0.05, 0) is 25.7 Å². The Bertz CT molecular complexity index is 298. The van der Waals surface area contributed by atoms with Gasteiger partial charge >= 0.3 is 5.97 Å². The number of aliphatic carboxylic acids is 1. The van der Waals surface area contributed by atoms with Crippen molar-refractivity contribution >= 4 is 11.9 Å². The number of hydrogen-bond acceptors (Lipinski definition) is 2. The van der Waals surface area contributed by atoms with Crippen LogP contribution in [0.2, 0.25) is 0 Å². The molecule has 0 saturated heterocycles. The van der Waals surface area contributed by atoms with E-state index in [9.17, 15) is 9.59 Å². The van der Waals surface area contributed by atoms with E-state index in [2.05, 4.69) is 5.32 Å². The van der Waals surface area contributed by atoms with Crippen molar-refractivity contribution in [3.05, 3.63) is 0 Å². The van der Waals surface area contributed by atoms with E-state index in [0.29, 0.717) is 5.92 Å². The van der Waals surface area contributed by atoms with Crippen LogP contribution >= 0.6 is 0 Å². The van der Waals surface area contributed by atoms with Crippen LogP contribution in [0.1, 0.15) is 65.2 Å². The number of nitrogens with one attached hydrogen (secondary N) is 1. The fourth-order valence-electron chi connectivity index (χ4n) is 2.96. The Hall–Kier alpha value is -1.06. The minimum absolute atomic E-state index is 0.00833. The lowest BCUT2D eigenvalue weighted by Gasteiger charge is -2.26. The summed E-state index contributed by atoms with van der Waals surface area (Å²) in [7, 11) is 0. The van der Waals surface area contributed by atoms with Gasteiger partial charge < -0.3 is 10.4 Å². The topological polar surface area (TPSA) is 66.4 Å². The number of amides is 1. The van der Waals surface area contributed by atoms with Crippen LogP contribution < -0.4 is 5.32 Å². The zero-order valence-electron chi connectivity index (χ0n) is 12.2. The molecule has 1 fully saturated rings. The lowest BCUT2D eigenvalue weighted by molar-refractivity contribution is -0.137. The lowest BCUT2D eigenvalue weighted by atomic mass is 9.81.